The zero-order valence-electron chi connectivity index (χ0n) is 20.2. The summed E-state index contributed by atoms with van der Waals surface area (Å²) in [7, 11) is 1.46. The largest absolute Gasteiger partial charge is 0.496 e. The highest BCUT2D eigenvalue weighted by atomic mass is 16.7. The summed E-state index contributed by atoms with van der Waals surface area (Å²) < 4.78 is 12.3. The van der Waals surface area contributed by atoms with Gasteiger partial charge in [-0.15, -0.1) is 0 Å². The number of aromatic nitrogens is 2. The third-order valence-electron chi connectivity index (χ3n) is 6.96. The van der Waals surface area contributed by atoms with E-state index in [1.165, 1.54) is 0 Å². The first kappa shape index (κ1) is 23.5. The number of pyridine rings is 2. The van der Waals surface area contributed by atoms with Crippen molar-refractivity contribution in [3.05, 3.63) is 46.0 Å². The quantitative estimate of drug-likeness (QED) is 0.677. The Balaban J connectivity index is 1.52. The van der Waals surface area contributed by atoms with Gasteiger partial charge >= 0.3 is 7.12 Å². The molecule has 0 spiro atoms. The molecule has 0 unspecified atom stereocenters. The van der Waals surface area contributed by atoms with Crippen LogP contribution in [0.2, 0.25) is 0 Å². The zero-order chi connectivity index (χ0) is 24.0. The van der Waals surface area contributed by atoms with Crippen LogP contribution in [0.5, 0.6) is 0 Å². The number of carbonyl (C=O) groups is 1. The fourth-order valence-corrected chi connectivity index (χ4v) is 3.92. The van der Waals surface area contributed by atoms with Crippen LogP contribution in [-0.2, 0) is 9.31 Å². The molecule has 0 aliphatic carbocycles. The van der Waals surface area contributed by atoms with Crippen LogP contribution in [0.25, 0.3) is 0 Å². The minimum Gasteiger partial charge on any atom is -0.399 e. The number of hydrogen-bond donors (Lipinski definition) is 2. The molecule has 2 aliphatic heterocycles. The number of H-pyrrole nitrogens is 1. The van der Waals surface area contributed by atoms with E-state index in [0.29, 0.717) is 30.2 Å². The smallest absolute Gasteiger partial charge is 0.399 e. The van der Waals surface area contributed by atoms with Crippen molar-refractivity contribution >= 4 is 30.0 Å². The Morgan fingerprint density at radius 3 is 2.33 bits per heavy atom. The lowest BCUT2D eigenvalue weighted by atomic mass is 9.77. The van der Waals surface area contributed by atoms with E-state index < -0.39 is 18.3 Å². The normalized spacial score (nSPS) is 20.2. The number of rotatable bonds is 4. The van der Waals surface area contributed by atoms with Crippen LogP contribution in [0.15, 0.2) is 29.3 Å². The molecular formula is C23H32BN5O4. The van der Waals surface area contributed by atoms with Gasteiger partial charge in [0.25, 0.3) is 11.5 Å². The highest BCUT2D eigenvalue weighted by Crippen LogP contribution is 2.36. The second-order valence-electron chi connectivity index (χ2n) is 9.81. The summed E-state index contributed by atoms with van der Waals surface area (Å²) >= 11 is 0. The molecule has 33 heavy (non-hydrogen) atoms. The molecule has 9 nitrogen and oxygen atoms in total. The first-order chi connectivity index (χ1) is 15.5. The van der Waals surface area contributed by atoms with Crippen LogP contribution in [0, 0.1) is 6.92 Å². The van der Waals surface area contributed by atoms with Crippen LogP contribution < -0.4 is 16.3 Å². The van der Waals surface area contributed by atoms with Gasteiger partial charge < -0.3 is 29.4 Å². The van der Waals surface area contributed by atoms with Crippen molar-refractivity contribution in [1.82, 2.24) is 19.8 Å². The van der Waals surface area contributed by atoms with Crippen molar-refractivity contribution in [2.24, 2.45) is 0 Å². The summed E-state index contributed by atoms with van der Waals surface area (Å²) in [6, 6.07) is 3.45. The number of nitrogens with zero attached hydrogens (tertiary/aromatic N) is 3. The van der Waals surface area contributed by atoms with Gasteiger partial charge in [0.15, 0.2) is 0 Å². The number of anilines is 2. The van der Waals surface area contributed by atoms with Crippen molar-refractivity contribution < 1.29 is 14.1 Å². The molecule has 0 aromatic carbocycles. The average Bonchev–Trinajstić information content (AvgIpc) is 2.98. The van der Waals surface area contributed by atoms with Crippen LogP contribution >= 0.6 is 0 Å². The van der Waals surface area contributed by atoms with E-state index in [4.69, 9.17) is 9.31 Å². The molecule has 4 heterocycles. The molecule has 0 saturated carbocycles. The summed E-state index contributed by atoms with van der Waals surface area (Å²) in [6.45, 7) is 12.9. The van der Waals surface area contributed by atoms with E-state index in [1.807, 2.05) is 39.5 Å². The summed E-state index contributed by atoms with van der Waals surface area (Å²) in [5.41, 5.74) is 1.12. The lowest BCUT2D eigenvalue weighted by molar-refractivity contribution is 0.00578. The Hall–Kier alpha value is -2.69. The van der Waals surface area contributed by atoms with Gasteiger partial charge in [0.2, 0.25) is 0 Å². The summed E-state index contributed by atoms with van der Waals surface area (Å²) in [5, 5.41) is 3.10. The number of carbonyl (C=O) groups excluding carboxylic acids is 1. The molecule has 2 N–H and O–H groups in total. The van der Waals surface area contributed by atoms with E-state index in [2.05, 4.69) is 27.2 Å². The fourth-order valence-electron chi connectivity index (χ4n) is 3.92. The zero-order valence-corrected chi connectivity index (χ0v) is 20.2. The first-order valence-electron chi connectivity index (χ1n) is 11.3. The predicted molar refractivity (Wildman–Crippen MR) is 128 cm³/mol. The predicted octanol–water partition coefficient (Wildman–Crippen LogP) is 1.51. The van der Waals surface area contributed by atoms with E-state index in [1.54, 1.807) is 24.5 Å². The molecule has 0 radical (unpaired) electrons. The van der Waals surface area contributed by atoms with Crippen molar-refractivity contribution in [1.29, 1.82) is 0 Å². The van der Waals surface area contributed by atoms with Gasteiger partial charge in [-0.1, -0.05) is 0 Å². The van der Waals surface area contributed by atoms with Crippen molar-refractivity contribution in [2.75, 3.05) is 38.5 Å². The van der Waals surface area contributed by atoms with Gasteiger partial charge in [-0.3, -0.25) is 9.59 Å². The van der Waals surface area contributed by atoms with Crippen LogP contribution in [0.1, 0.15) is 43.6 Å². The molecule has 176 valence electrons. The Morgan fingerprint density at radius 2 is 1.76 bits per heavy atom. The lowest BCUT2D eigenvalue weighted by Gasteiger charge is -2.32. The highest BCUT2D eigenvalue weighted by molar-refractivity contribution is 6.62. The minimum atomic E-state index is -0.594. The third kappa shape index (κ3) is 4.55. The molecule has 2 saturated heterocycles. The van der Waals surface area contributed by atoms with Crippen LogP contribution in [-0.4, -0.2) is 77.2 Å². The van der Waals surface area contributed by atoms with Crippen molar-refractivity contribution in [3.8, 4) is 0 Å². The number of hydrogen-bond acceptors (Lipinski definition) is 7. The van der Waals surface area contributed by atoms with Crippen molar-refractivity contribution in [2.45, 2.75) is 45.8 Å². The van der Waals surface area contributed by atoms with E-state index >= 15 is 0 Å². The number of piperazine rings is 1. The molecule has 2 aromatic heterocycles. The molecule has 2 aliphatic rings. The van der Waals surface area contributed by atoms with Gasteiger partial charge in [-0.25, -0.2) is 4.98 Å². The Kier molecular flexibility index (Phi) is 6.11. The molecular weight excluding hydrogens is 421 g/mol. The van der Waals surface area contributed by atoms with Gasteiger partial charge in [0.05, 0.1) is 16.8 Å². The van der Waals surface area contributed by atoms with E-state index in [-0.39, 0.29) is 11.5 Å². The van der Waals surface area contributed by atoms with Crippen LogP contribution in [0.3, 0.4) is 0 Å². The minimum absolute atomic E-state index is 0.0288. The number of amides is 1. The fraction of sp³-hybridized carbons (Fsp3) is 0.522. The Morgan fingerprint density at radius 1 is 1.12 bits per heavy atom. The highest BCUT2D eigenvalue weighted by Gasteiger charge is 2.52. The topological polar surface area (TPSA) is 99.8 Å². The summed E-state index contributed by atoms with van der Waals surface area (Å²) in [5.74, 6) is 0.448. The van der Waals surface area contributed by atoms with Gasteiger partial charge in [-0.2, -0.15) is 0 Å². The molecule has 2 fully saturated rings. The maximum atomic E-state index is 12.7. The second-order valence-corrected chi connectivity index (χ2v) is 9.81. The maximum Gasteiger partial charge on any atom is 0.496 e. The summed E-state index contributed by atoms with van der Waals surface area (Å²) in [4.78, 5) is 36.5. The monoisotopic (exact) mass is 453 g/mol. The standard InChI is InChI=1S/C23H32BN5O4/c1-15-17(24-32-22(2,3)23(4,5)33-24)14-26-20(30)19(15)27-18-8-7-16(13-25-18)21(31)29-11-9-28(6)10-12-29/h7-8,13-14H,9-12H2,1-6H3,(H,25,27)(H,26,30). The second kappa shape index (κ2) is 8.59. The van der Waals surface area contributed by atoms with Gasteiger partial charge in [-0.05, 0) is 59.4 Å². The van der Waals surface area contributed by atoms with E-state index in [0.717, 1.165) is 24.1 Å². The molecule has 10 heteroatoms. The molecule has 0 atom stereocenters. The average molecular weight is 453 g/mol. The first-order valence-corrected chi connectivity index (χ1v) is 11.3. The van der Waals surface area contributed by atoms with Crippen LogP contribution in [0.4, 0.5) is 11.5 Å². The van der Waals surface area contributed by atoms with E-state index in [9.17, 15) is 9.59 Å². The van der Waals surface area contributed by atoms with Gasteiger partial charge in [0, 0.05) is 44.0 Å². The number of likely N-dealkylation sites (N-methyl/N-ethyl adjacent to an activating group) is 1. The number of aromatic amines is 1. The SMILES string of the molecule is Cc1c(B2OC(C)(C)C(C)(C)O2)c[nH]c(=O)c1Nc1ccc(C(=O)N2CCN(C)CC2)cn1. The lowest BCUT2D eigenvalue weighted by Crippen LogP contribution is -2.47. The maximum absolute atomic E-state index is 12.7. The van der Waals surface area contributed by atoms with Crippen molar-refractivity contribution in [3.63, 3.8) is 0 Å². The molecule has 2 aromatic rings. The molecule has 0 bridgehead atoms. The summed E-state index contributed by atoms with van der Waals surface area (Å²) in [6.07, 6.45) is 3.18. The Bertz CT molecular complexity index is 1080. The third-order valence-corrected chi connectivity index (χ3v) is 6.96. The molecule has 1 amide bonds. The number of nitrogens with one attached hydrogen (secondary N) is 2. The van der Waals surface area contributed by atoms with Gasteiger partial charge in [0.1, 0.15) is 11.5 Å². The molecule has 4 rings (SSSR count). The Labute approximate surface area is 194 Å².